The summed E-state index contributed by atoms with van der Waals surface area (Å²) in [5, 5.41) is 11.1. The number of carbonyl (C=O) groups excluding carboxylic acids is 3. The highest BCUT2D eigenvalue weighted by Gasteiger charge is 2.44. The number of non-ortho nitro benzene ring substituents is 1. The molecule has 2 aromatic rings. The van der Waals surface area contributed by atoms with Gasteiger partial charge in [0.15, 0.2) is 0 Å². The molecule has 1 unspecified atom stereocenters. The average Bonchev–Trinajstić information content (AvgIpc) is 3.03. The van der Waals surface area contributed by atoms with Gasteiger partial charge in [-0.05, 0) is 17.7 Å². The Morgan fingerprint density at radius 2 is 1.67 bits per heavy atom. The van der Waals surface area contributed by atoms with Crippen LogP contribution in [-0.2, 0) is 16.0 Å². The van der Waals surface area contributed by atoms with Crippen LogP contribution in [-0.4, -0.2) is 64.8 Å². The molecule has 1 fully saturated rings. The number of morpholine rings is 1. The molecule has 9 nitrogen and oxygen atoms in total. The van der Waals surface area contributed by atoms with Gasteiger partial charge in [0, 0.05) is 31.6 Å². The number of fused-ring (bicyclic) bond motifs is 1. The summed E-state index contributed by atoms with van der Waals surface area (Å²) in [4.78, 5) is 52.5. The Balaban J connectivity index is 1.70. The highest BCUT2D eigenvalue weighted by Crippen LogP contribution is 2.27. The molecule has 0 N–H and O–H groups in total. The number of imide groups is 1. The molecule has 0 aromatic heterocycles. The SMILES string of the molecule is O=C(C(Cc1cccc([N+](=O)[O-])c1)N1C(=O)c2ccccc2C1=O)N1CCOCC1. The number of benzene rings is 2. The zero-order valence-corrected chi connectivity index (χ0v) is 16.0. The van der Waals surface area contributed by atoms with Gasteiger partial charge in [0.25, 0.3) is 17.5 Å². The zero-order valence-electron chi connectivity index (χ0n) is 16.0. The highest BCUT2D eigenvalue weighted by molar-refractivity contribution is 6.22. The first-order chi connectivity index (χ1) is 14.5. The molecule has 2 heterocycles. The summed E-state index contributed by atoms with van der Waals surface area (Å²) in [6, 6.07) is 11.2. The first kappa shape index (κ1) is 19.7. The fourth-order valence-corrected chi connectivity index (χ4v) is 3.79. The number of carbonyl (C=O) groups is 3. The lowest BCUT2D eigenvalue weighted by molar-refractivity contribution is -0.384. The third kappa shape index (κ3) is 3.55. The molecule has 0 saturated carbocycles. The first-order valence-electron chi connectivity index (χ1n) is 9.54. The summed E-state index contributed by atoms with van der Waals surface area (Å²) in [6.07, 6.45) is -0.0106. The van der Waals surface area contributed by atoms with Crippen LogP contribution in [0.3, 0.4) is 0 Å². The van der Waals surface area contributed by atoms with Crippen molar-refractivity contribution in [1.29, 1.82) is 0 Å². The van der Waals surface area contributed by atoms with Gasteiger partial charge in [-0.2, -0.15) is 0 Å². The van der Waals surface area contributed by atoms with Gasteiger partial charge >= 0.3 is 0 Å². The zero-order chi connectivity index (χ0) is 21.3. The van der Waals surface area contributed by atoms with E-state index in [0.29, 0.717) is 31.9 Å². The number of nitrogens with zero attached hydrogens (tertiary/aromatic N) is 3. The molecule has 0 spiro atoms. The van der Waals surface area contributed by atoms with Crippen LogP contribution in [0, 0.1) is 10.1 Å². The second-order valence-electron chi connectivity index (χ2n) is 7.11. The number of amides is 3. The van der Waals surface area contributed by atoms with Gasteiger partial charge in [-0.25, -0.2) is 0 Å². The van der Waals surface area contributed by atoms with Gasteiger partial charge < -0.3 is 9.64 Å². The van der Waals surface area contributed by atoms with Crippen LogP contribution in [0.15, 0.2) is 48.5 Å². The van der Waals surface area contributed by atoms with E-state index in [9.17, 15) is 24.5 Å². The van der Waals surface area contributed by atoms with E-state index in [2.05, 4.69) is 0 Å². The van der Waals surface area contributed by atoms with Crippen LogP contribution < -0.4 is 0 Å². The van der Waals surface area contributed by atoms with E-state index in [1.807, 2.05) is 0 Å². The van der Waals surface area contributed by atoms with E-state index in [0.717, 1.165) is 4.90 Å². The second-order valence-corrected chi connectivity index (χ2v) is 7.11. The summed E-state index contributed by atoms with van der Waals surface area (Å²) in [5.41, 5.74) is 0.877. The van der Waals surface area contributed by atoms with Gasteiger partial charge in [-0.15, -0.1) is 0 Å². The van der Waals surface area contributed by atoms with Crippen molar-refractivity contribution in [3.63, 3.8) is 0 Å². The van der Waals surface area contributed by atoms with Crippen LogP contribution in [0.4, 0.5) is 5.69 Å². The minimum absolute atomic E-state index is 0.0106. The molecule has 2 aromatic carbocycles. The van der Waals surface area contributed by atoms with Crippen LogP contribution in [0.2, 0.25) is 0 Å². The Morgan fingerprint density at radius 1 is 1.03 bits per heavy atom. The number of nitro groups is 1. The van der Waals surface area contributed by atoms with E-state index in [1.54, 1.807) is 35.2 Å². The molecule has 3 amide bonds. The van der Waals surface area contributed by atoms with Crippen LogP contribution in [0.1, 0.15) is 26.3 Å². The normalized spacial score (nSPS) is 17.1. The van der Waals surface area contributed by atoms with Crippen molar-refractivity contribution in [1.82, 2.24) is 9.80 Å². The molecule has 30 heavy (non-hydrogen) atoms. The summed E-state index contributed by atoms with van der Waals surface area (Å²) in [7, 11) is 0. The molecule has 0 bridgehead atoms. The van der Waals surface area contributed by atoms with E-state index >= 15 is 0 Å². The molecule has 0 radical (unpaired) electrons. The summed E-state index contributed by atoms with van der Waals surface area (Å²) < 4.78 is 5.29. The fourth-order valence-electron chi connectivity index (χ4n) is 3.79. The largest absolute Gasteiger partial charge is 0.378 e. The van der Waals surface area contributed by atoms with Crippen molar-refractivity contribution in [3.05, 3.63) is 75.3 Å². The van der Waals surface area contributed by atoms with E-state index < -0.39 is 22.8 Å². The number of ether oxygens (including phenoxy) is 1. The molecule has 1 saturated heterocycles. The summed E-state index contributed by atoms with van der Waals surface area (Å²) in [6.45, 7) is 1.45. The summed E-state index contributed by atoms with van der Waals surface area (Å²) in [5.74, 6) is -1.44. The van der Waals surface area contributed by atoms with Crippen molar-refractivity contribution < 1.29 is 24.0 Å². The molecular weight excluding hydrogens is 390 g/mol. The van der Waals surface area contributed by atoms with Gasteiger partial charge in [0.1, 0.15) is 6.04 Å². The van der Waals surface area contributed by atoms with Crippen molar-refractivity contribution in [3.8, 4) is 0 Å². The molecule has 0 aliphatic carbocycles. The third-order valence-corrected chi connectivity index (χ3v) is 5.30. The maximum atomic E-state index is 13.3. The Bertz CT molecular complexity index is 996. The molecular formula is C21H19N3O6. The van der Waals surface area contributed by atoms with Gasteiger partial charge in [0.05, 0.1) is 29.3 Å². The molecule has 1 atom stereocenters. The summed E-state index contributed by atoms with van der Waals surface area (Å²) >= 11 is 0. The second kappa shape index (κ2) is 8.03. The first-order valence-corrected chi connectivity index (χ1v) is 9.54. The van der Waals surface area contributed by atoms with Crippen molar-refractivity contribution >= 4 is 23.4 Å². The third-order valence-electron chi connectivity index (χ3n) is 5.30. The van der Waals surface area contributed by atoms with Crippen molar-refractivity contribution in [2.24, 2.45) is 0 Å². The van der Waals surface area contributed by atoms with E-state index in [4.69, 9.17) is 4.74 Å². The quantitative estimate of drug-likeness (QED) is 0.422. The van der Waals surface area contributed by atoms with Crippen LogP contribution >= 0.6 is 0 Å². The number of hydrogen-bond donors (Lipinski definition) is 0. The number of rotatable bonds is 5. The Hall–Kier alpha value is -3.59. The average molecular weight is 409 g/mol. The molecule has 9 heteroatoms. The Kier molecular flexibility index (Phi) is 5.28. The van der Waals surface area contributed by atoms with E-state index in [-0.39, 0.29) is 29.1 Å². The van der Waals surface area contributed by atoms with Gasteiger partial charge in [-0.1, -0.05) is 24.3 Å². The maximum absolute atomic E-state index is 13.3. The van der Waals surface area contributed by atoms with Crippen molar-refractivity contribution in [2.75, 3.05) is 26.3 Å². The minimum Gasteiger partial charge on any atom is -0.378 e. The molecule has 4 rings (SSSR count). The lowest BCUT2D eigenvalue weighted by Gasteiger charge is -2.33. The van der Waals surface area contributed by atoms with Crippen molar-refractivity contribution in [2.45, 2.75) is 12.5 Å². The standard InChI is InChI=1S/C21H19N3O6/c25-19-16-6-1-2-7-17(16)20(26)23(19)18(21(27)22-8-10-30-11-9-22)13-14-4-3-5-15(12-14)24(28)29/h1-7,12,18H,8-11,13H2. The van der Waals surface area contributed by atoms with Gasteiger partial charge in [0.2, 0.25) is 5.91 Å². The lowest BCUT2D eigenvalue weighted by Crippen LogP contribution is -2.54. The monoisotopic (exact) mass is 409 g/mol. The smallest absolute Gasteiger partial charge is 0.269 e. The Morgan fingerprint density at radius 3 is 2.27 bits per heavy atom. The molecule has 2 aliphatic heterocycles. The molecule has 2 aliphatic rings. The lowest BCUT2D eigenvalue weighted by atomic mass is 10.0. The topological polar surface area (TPSA) is 110 Å². The predicted octanol–water partition coefficient (Wildman–Crippen LogP) is 1.66. The number of hydrogen-bond acceptors (Lipinski definition) is 6. The minimum atomic E-state index is -1.10. The maximum Gasteiger partial charge on any atom is 0.269 e. The molecule has 154 valence electrons. The van der Waals surface area contributed by atoms with E-state index in [1.165, 1.54) is 18.2 Å². The van der Waals surface area contributed by atoms with Gasteiger partial charge in [-0.3, -0.25) is 29.4 Å². The highest BCUT2D eigenvalue weighted by atomic mass is 16.6. The van der Waals surface area contributed by atoms with Crippen LogP contribution in [0.25, 0.3) is 0 Å². The number of nitro benzene ring substituents is 1. The fraction of sp³-hybridized carbons (Fsp3) is 0.286. The predicted molar refractivity (Wildman–Crippen MR) is 105 cm³/mol. The van der Waals surface area contributed by atoms with Crippen LogP contribution in [0.5, 0.6) is 0 Å². The Labute approximate surface area is 172 Å².